The number of hydrogen-bond acceptors (Lipinski definition) is 4. The third-order valence-corrected chi connectivity index (χ3v) is 6.24. The molecular weight excluding hydrogens is 400 g/mol. The van der Waals surface area contributed by atoms with Gasteiger partial charge >= 0.3 is 0 Å². The van der Waals surface area contributed by atoms with Crippen molar-refractivity contribution in [2.45, 2.75) is 6.92 Å². The maximum Gasteiger partial charge on any atom is 0.256 e. The van der Waals surface area contributed by atoms with E-state index in [0.29, 0.717) is 26.2 Å². The number of nitrogens with zero attached hydrogens (tertiary/aromatic N) is 4. The first-order valence-electron chi connectivity index (χ1n) is 10.9. The molecule has 162 valence electrons. The molecule has 1 N–H and O–H groups in total. The lowest BCUT2D eigenvalue weighted by molar-refractivity contribution is 0.0749. The Balaban J connectivity index is 1.50. The summed E-state index contributed by atoms with van der Waals surface area (Å²) in [6.07, 6.45) is 1.46. The Morgan fingerprint density at radius 3 is 2.41 bits per heavy atom. The topological polar surface area (TPSA) is 61.6 Å². The fourth-order valence-electron chi connectivity index (χ4n) is 4.57. The summed E-state index contributed by atoms with van der Waals surface area (Å²) in [5.41, 5.74) is 4.97. The largest absolute Gasteiger partial charge is 0.506 e. The van der Waals surface area contributed by atoms with Crippen molar-refractivity contribution in [2.24, 2.45) is 7.05 Å². The van der Waals surface area contributed by atoms with E-state index >= 15 is 0 Å². The standard InChI is InChI=1S/C26H26N4O2/c1-18-8-10-22-21(16-18)24(25(28(22)2)19-6-4-3-5-7-19)26(32)30-14-12-29(13-15-30)23-11-9-20(31)17-27-23/h3-11,16-17,31H,12-15H2,1-2H3. The Morgan fingerprint density at radius 2 is 1.72 bits per heavy atom. The smallest absolute Gasteiger partial charge is 0.256 e. The van der Waals surface area contributed by atoms with Crippen molar-refractivity contribution in [3.63, 3.8) is 0 Å². The van der Waals surface area contributed by atoms with Crippen LogP contribution in [0.1, 0.15) is 15.9 Å². The van der Waals surface area contributed by atoms with E-state index in [9.17, 15) is 9.90 Å². The van der Waals surface area contributed by atoms with Crippen LogP contribution in [0, 0.1) is 6.92 Å². The van der Waals surface area contributed by atoms with Crippen molar-refractivity contribution in [1.29, 1.82) is 0 Å². The maximum absolute atomic E-state index is 13.9. The average Bonchev–Trinajstić information content (AvgIpc) is 3.11. The van der Waals surface area contributed by atoms with Gasteiger partial charge in [-0.25, -0.2) is 4.98 Å². The normalized spacial score (nSPS) is 14.2. The van der Waals surface area contributed by atoms with Crippen molar-refractivity contribution in [1.82, 2.24) is 14.5 Å². The molecule has 1 amide bonds. The van der Waals surface area contributed by atoms with E-state index in [0.717, 1.165) is 39.1 Å². The molecule has 4 aromatic rings. The number of pyridine rings is 1. The summed E-state index contributed by atoms with van der Waals surface area (Å²) >= 11 is 0. The second-order valence-electron chi connectivity index (χ2n) is 8.32. The lowest BCUT2D eigenvalue weighted by Crippen LogP contribution is -2.49. The molecule has 0 bridgehead atoms. The van der Waals surface area contributed by atoms with E-state index in [4.69, 9.17) is 0 Å². The van der Waals surface area contributed by atoms with Crippen LogP contribution in [-0.4, -0.2) is 51.6 Å². The average molecular weight is 427 g/mol. The Kier molecular flexibility index (Phi) is 5.05. The van der Waals surface area contributed by atoms with Crippen molar-refractivity contribution in [3.05, 3.63) is 78.0 Å². The fraction of sp³-hybridized carbons (Fsp3) is 0.231. The molecule has 0 spiro atoms. The minimum absolute atomic E-state index is 0.0679. The highest BCUT2D eigenvalue weighted by Crippen LogP contribution is 2.35. The molecule has 5 rings (SSSR count). The number of aryl methyl sites for hydroxylation is 2. The summed E-state index contributed by atoms with van der Waals surface area (Å²) in [6.45, 7) is 4.71. The van der Waals surface area contributed by atoms with Crippen LogP contribution in [-0.2, 0) is 7.05 Å². The summed E-state index contributed by atoms with van der Waals surface area (Å²) in [5, 5.41) is 10.5. The molecular formula is C26H26N4O2. The van der Waals surface area contributed by atoms with Gasteiger partial charge in [-0.1, -0.05) is 42.0 Å². The quantitative estimate of drug-likeness (QED) is 0.533. The predicted molar refractivity (Wildman–Crippen MR) is 127 cm³/mol. The molecule has 1 aliphatic rings. The number of anilines is 1. The van der Waals surface area contributed by atoms with E-state index in [1.54, 1.807) is 6.07 Å². The molecule has 6 heteroatoms. The van der Waals surface area contributed by atoms with Gasteiger partial charge in [0.15, 0.2) is 0 Å². The molecule has 0 unspecified atom stereocenters. The van der Waals surface area contributed by atoms with Crippen LogP contribution in [0.15, 0.2) is 66.9 Å². The minimum atomic E-state index is 0.0679. The van der Waals surface area contributed by atoms with Crippen LogP contribution in [0.4, 0.5) is 5.82 Å². The van der Waals surface area contributed by atoms with Crippen molar-refractivity contribution in [3.8, 4) is 17.0 Å². The monoisotopic (exact) mass is 426 g/mol. The van der Waals surface area contributed by atoms with Gasteiger partial charge in [0.1, 0.15) is 11.6 Å². The van der Waals surface area contributed by atoms with Gasteiger partial charge in [0, 0.05) is 44.1 Å². The maximum atomic E-state index is 13.9. The van der Waals surface area contributed by atoms with E-state index in [1.807, 2.05) is 36.2 Å². The molecule has 0 radical (unpaired) electrons. The van der Waals surface area contributed by atoms with Crippen LogP contribution in [0.2, 0.25) is 0 Å². The molecule has 0 aliphatic carbocycles. The second kappa shape index (κ2) is 8.04. The van der Waals surface area contributed by atoms with Gasteiger partial charge in [0.2, 0.25) is 0 Å². The van der Waals surface area contributed by atoms with E-state index < -0.39 is 0 Å². The number of carbonyl (C=O) groups is 1. The number of carbonyl (C=O) groups excluding carboxylic acids is 1. The molecule has 1 aliphatic heterocycles. The zero-order valence-electron chi connectivity index (χ0n) is 18.3. The number of amides is 1. The van der Waals surface area contributed by atoms with Crippen LogP contribution < -0.4 is 4.90 Å². The van der Waals surface area contributed by atoms with Crippen LogP contribution in [0.5, 0.6) is 5.75 Å². The summed E-state index contributed by atoms with van der Waals surface area (Å²) < 4.78 is 2.13. The van der Waals surface area contributed by atoms with E-state index in [1.165, 1.54) is 6.20 Å². The predicted octanol–water partition coefficient (Wildman–Crippen LogP) is 4.22. The molecule has 0 saturated carbocycles. The molecule has 2 aromatic heterocycles. The minimum Gasteiger partial charge on any atom is -0.506 e. The molecule has 3 heterocycles. The Morgan fingerprint density at radius 1 is 0.969 bits per heavy atom. The first-order chi connectivity index (χ1) is 15.5. The van der Waals surface area contributed by atoms with Crippen molar-refractivity contribution in [2.75, 3.05) is 31.1 Å². The van der Waals surface area contributed by atoms with Gasteiger partial charge in [-0.15, -0.1) is 0 Å². The highest BCUT2D eigenvalue weighted by Gasteiger charge is 2.29. The second-order valence-corrected chi connectivity index (χ2v) is 8.32. The number of rotatable bonds is 3. The number of benzene rings is 2. The van der Waals surface area contributed by atoms with Crippen LogP contribution in [0.25, 0.3) is 22.2 Å². The highest BCUT2D eigenvalue weighted by atomic mass is 16.3. The SMILES string of the molecule is Cc1ccc2c(c1)c(C(=O)N1CCN(c3ccc(O)cn3)CC1)c(-c1ccccc1)n2C. The van der Waals surface area contributed by atoms with E-state index in [2.05, 4.69) is 51.7 Å². The highest BCUT2D eigenvalue weighted by molar-refractivity contribution is 6.13. The van der Waals surface area contributed by atoms with Gasteiger partial charge in [0.05, 0.1) is 17.5 Å². The van der Waals surface area contributed by atoms with Gasteiger partial charge in [-0.05, 0) is 36.8 Å². The van der Waals surface area contributed by atoms with Gasteiger partial charge in [-0.2, -0.15) is 0 Å². The molecule has 2 aromatic carbocycles. The van der Waals surface area contributed by atoms with Gasteiger partial charge < -0.3 is 19.5 Å². The van der Waals surface area contributed by atoms with E-state index in [-0.39, 0.29) is 11.7 Å². The molecule has 6 nitrogen and oxygen atoms in total. The summed E-state index contributed by atoms with van der Waals surface area (Å²) in [7, 11) is 2.03. The van der Waals surface area contributed by atoms with Gasteiger partial charge in [-0.3, -0.25) is 4.79 Å². The number of piperazine rings is 1. The molecule has 1 fully saturated rings. The zero-order chi connectivity index (χ0) is 22.2. The van der Waals surface area contributed by atoms with Crippen LogP contribution >= 0.6 is 0 Å². The zero-order valence-corrected chi connectivity index (χ0v) is 18.3. The Labute approximate surface area is 187 Å². The first-order valence-corrected chi connectivity index (χ1v) is 10.9. The lowest BCUT2D eigenvalue weighted by atomic mass is 10.0. The number of aromatic nitrogens is 2. The third-order valence-electron chi connectivity index (χ3n) is 6.24. The Bertz CT molecular complexity index is 1270. The lowest BCUT2D eigenvalue weighted by Gasteiger charge is -2.35. The Hall–Kier alpha value is -3.80. The first kappa shape index (κ1) is 20.1. The van der Waals surface area contributed by atoms with Crippen molar-refractivity contribution < 1.29 is 9.90 Å². The van der Waals surface area contributed by atoms with Crippen molar-refractivity contribution >= 4 is 22.6 Å². The molecule has 0 atom stereocenters. The summed E-state index contributed by atoms with van der Waals surface area (Å²) in [4.78, 5) is 22.3. The number of hydrogen-bond donors (Lipinski definition) is 1. The molecule has 32 heavy (non-hydrogen) atoms. The summed E-state index contributed by atoms with van der Waals surface area (Å²) in [5.74, 6) is 1.04. The van der Waals surface area contributed by atoms with Crippen LogP contribution in [0.3, 0.4) is 0 Å². The van der Waals surface area contributed by atoms with Gasteiger partial charge in [0.25, 0.3) is 5.91 Å². The number of fused-ring (bicyclic) bond motifs is 1. The fourth-order valence-corrected chi connectivity index (χ4v) is 4.57. The summed E-state index contributed by atoms with van der Waals surface area (Å²) in [6, 6.07) is 19.9. The number of aromatic hydroxyl groups is 1. The molecule has 1 saturated heterocycles. The third kappa shape index (κ3) is 3.47.